The lowest BCUT2D eigenvalue weighted by Gasteiger charge is -2.17. The number of nitrogens with zero attached hydrogens (tertiary/aromatic N) is 2. The number of anilines is 1. The van der Waals surface area contributed by atoms with E-state index in [1.54, 1.807) is 12.3 Å². The Balaban J connectivity index is 1.19. The van der Waals surface area contributed by atoms with Crippen molar-refractivity contribution in [1.29, 1.82) is 0 Å². The second-order valence-electron chi connectivity index (χ2n) is 8.79. The topological polar surface area (TPSA) is 126 Å². The van der Waals surface area contributed by atoms with Gasteiger partial charge in [-0.15, -0.1) is 0 Å². The van der Waals surface area contributed by atoms with E-state index in [4.69, 9.17) is 4.74 Å². The number of hydrogen-bond donors (Lipinski definition) is 3. The van der Waals surface area contributed by atoms with Crippen molar-refractivity contribution in [3.05, 3.63) is 95.6 Å². The summed E-state index contributed by atoms with van der Waals surface area (Å²) in [4.78, 5) is 49.0. The molecule has 0 bridgehead atoms. The van der Waals surface area contributed by atoms with Crippen LogP contribution in [0.3, 0.4) is 0 Å². The fourth-order valence-corrected chi connectivity index (χ4v) is 4.44. The van der Waals surface area contributed by atoms with E-state index < -0.39 is 5.91 Å². The average molecular weight is 492 g/mol. The summed E-state index contributed by atoms with van der Waals surface area (Å²) >= 11 is 0. The number of H-pyrrole nitrogens is 1. The van der Waals surface area contributed by atoms with Crippen LogP contribution in [0, 0.1) is 0 Å². The van der Waals surface area contributed by atoms with Gasteiger partial charge in [0, 0.05) is 30.3 Å². The monoisotopic (exact) mass is 491 g/mol. The highest BCUT2D eigenvalue weighted by molar-refractivity contribution is 6.12. The Bertz CT molecular complexity index is 1710. The molecule has 1 aliphatic rings. The summed E-state index contributed by atoms with van der Waals surface area (Å²) in [7, 11) is 0. The molecule has 3 N–H and O–H groups in total. The second-order valence-corrected chi connectivity index (χ2v) is 8.79. The molecular weight excluding hydrogens is 470 g/mol. The van der Waals surface area contributed by atoms with Gasteiger partial charge in [0.2, 0.25) is 0 Å². The number of rotatable bonds is 5. The molecular formula is C28H21N5O4. The number of ether oxygens (including phenoxy) is 1. The third-order valence-electron chi connectivity index (χ3n) is 6.29. The molecule has 3 heterocycles. The molecule has 0 saturated carbocycles. The lowest BCUT2D eigenvalue weighted by molar-refractivity contribution is -0.121. The number of fused-ring (bicyclic) bond motifs is 3. The molecule has 9 heteroatoms. The summed E-state index contributed by atoms with van der Waals surface area (Å²) in [6.07, 6.45) is 3.20. The zero-order chi connectivity index (χ0) is 25.4. The van der Waals surface area contributed by atoms with E-state index in [0.717, 1.165) is 21.9 Å². The molecule has 3 aromatic carbocycles. The van der Waals surface area contributed by atoms with Crippen LogP contribution in [-0.4, -0.2) is 39.2 Å². The highest BCUT2D eigenvalue weighted by atomic mass is 16.5. The SMILES string of the molecule is O=C1COc2ccc(CNC(=O)c3ncnc4c(NC(=O)c5ccc6ccccc6c5)c[nH]c34)cc2C1. The van der Waals surface area contributed by atoms with Crippen molar-refractivity contribution in [3.63, 3.8) is 0 Å². The van der Waals surface area contributed by atoms with Gasteiger partial charge in [-0.1, -0.05) is 36.4 Å². The maximum atomic E-state index is 13.0. The third-order valence-corrected chi connectivity index (χ3v) is 6.29. The smallest absolute Gasteiger partial charge is 0.272 e. The zero-order valence-corrected chi connectivity index (χ0v) is 19.6. The summed E-state index contributed by atoms with van der Waals surface area (Å²) in [5.41, 5.74) is 3.61. The molecule has 9 nitrogen and oxygen atoms in total. The van der Waals surface area contributed by atoms with Gasteiger partial charge in [0.1, 0.15) is 24.2 Å². The molecule has 2 aromatic heterocycles. The summed E-state index contributed by atoms with van der Waals surface area (Å²) in [5, 5.41) is 7.74. The molecule has 6 rings (SSSR count). The van der Waals surface area contributed by atoms with Gasteiger partial charge in [-0.2, -0.15) is 0 Å². The van der Waals surface area contributed by atoms with Crippen molar-refractivity contribution in [2.24, 2.45) is 0 Å². The number of ketones is 1. The molecule has 182 valence electrons. The summed E-state index contributed by atoms with van der Waals surface area (Å²) in [6, 6.07) is 18.8. The Morgan fingerprint density at radius 1 is 0.973 bits per heavy atom. The van der Waals surface area contributed by atoms with Crippen LogP contribution >= 0.6 is 0 Å². The maximum absolute atomic E-state index is 13.0. The zero-order valence-electron chi connectivity index (χ0n) is 19.6. The quantitative estimate of drug-likeness (QED) is 0.343. The van der Waals surface area contributed by atoms with Crippen LogP contribution in [0.15, 0.2) is 73.2 Å². The Morgan fingerprint density at radius 3 is 2.73 bits per heavy atom. The molecule has 0 aliphatic carbocycles. The number of amides is 2. The van der Waals surface area contributed by atoms with Gasteiger partial charge >= 0.3 is 0 Å². The number of carbonyl (C=O) groups is 3. The Hall–Kier alpha value is -5.05. The summed E-state index contributed by atoms with van der Waals surface area (Å²) in [5.74, 6) is 0.0296. The van der Waals surface area contributed by atoms with Crippen LogP contribution in [0.5, 0.6) is 5.75 Å². The predicted molar refractivity (Wildman–Crippen MR) is 138 cm³/mol. The number of hydrogen-bond acceptors (Lipinski definition) is 6. The minimum atomic E-state index is -0.397. The van der Waals surface area contributed by atoms with Crippen LogP contribution in [0.2, 0.25) is 0 Å². The number of Topliss-reactive ketones (excluding diaryl/α,β-unsaturated/α-hetero) is 1. The molecule has 0 radical (unpaired) electrons. The Kier molecular flexibility index (Phi) is 5.57. The second kappa shape index (κ2) is 9.19. The first kappa shape index (κ1) is 22.4. The Morgan fingerprint density at radius 2 is 1.84 bits per heavy atom. The van der Waals surface area contributed by atoms with E-state index in [9.17, 15) is 14.4 Å². The number of aromatic nitrogens is 3. The van der Waals surface area contributed by atoms with Gasteiger partial charge in [0.15, 0.2) is 11.5 Å². The van der Waals surface area contributed by atoms with E-state index in [2.05, 4.69) is 25.6 Å². The van der Waals surface area contributed by atoms with Crippen LogP contribution in [0.1, 0.15) is 32.0 Å². The Labute approximate surface area is 210 Å². The van der Waals surface area contributed by atoms with Gasteiger partial charge in [0.05, 0.1) is 11.2 Å². The van der Waals surface area contributed by atoms with Crippen molar-refractivity contribution in [2.45, 2.75) is 13.0 Å². The van der Waals surface area contributed by atoms with E-state index in [-0.39, 0.29) is 30.5 Å². The summed E-state index contributed by atoms with van der Waals surface area (Å²) in [6.45, 7) is 0.339. The first-order valence-corrected chi connectivity index (χ1v) is 11.7. The van der Waals surface area contributed by atoms with Gasteiger partial charge in [-0.25, -0.2) is 9.97 Å². The van der Waals surface area contributed by atoms with Crippen molar-refractivity contribution >= 4 is 45.1 Å². The average Bonchev–Trinajstić information content (AvgIpc) is 3.33. The molecule has 0 atom stereocenters. The number of nitrogens with one attached hydrogen (secondary N) is 3. The summed E-state index contributed by atoms with van der Waals surface area (Å²) < 4.78 is 5.42. The largest absolute Gasteiger partial charge is 0.486 e. The normalized spacial score (nSPS) is 12.7. The van der Waals surface area contributed by atoms with E-state index >= 15 is 0 Å². The van der Waals surface area contributed by atoms with Gasteiger partial charge in [0.25, 0.3) is 11.8 Å². The maximum Gasteiger partial charge on any atom is 0.272 e. The van der Waals surface area contributed by atoms with E-state index in [1.165, 1.54) is 6.33 Å². The van der Waals surface area contributed by atoms with Crippen LogP contribution in [-0.2, 0) is 17.8 Å². The third kappa shape index (κ3) is 4.38. The van der Waals surface area contributed by atoms with Crippen molar-refractivity contribution in [3.8, 4) is 5.75 Å². The van der Waals surface area contributed by atoms with Crippen LogP contribution < -0.4 is 15.4 Å². The molecule has 1 aliphatic heterocycles. The fraction of sp³-hybridized carbons (Fsp3) is 0.107. The molecule has 37 heavy (non-hydrogen) atoms. The molecule has 0 fully saturated rings. The highest BCUT2D eigenvalue weighted by Gasteiger charge is 2.19. The lowest BCUT2D eigenvalue weighted by atomic mass is 10.0. The van der Waals surface area contributed by atoms with Crippen LogP contribution in [0.25, 0.3) is 21.8 Å². The number of carbonyl (C=O) groups excluding carboxylic acids is 3. The highest BCUT2D eigenvalue weighted by Crippen LogP contribution is 2.26. The molecule has 0 unspecified atom stereocenters. The molecule has 5 aromatic rings. The fourth-order valence-electron chi connectivity index (χ4n) is 4.44. The lowest BCUT2D eigenvalue weighted by Crippen LogP contribution is -2.25. The van der Waals surface area contributed by atoms with Gasteiger partial charge < -0.3 is 20.4 Å². The van der Waals surface area contributed by atoms with E-state index in [0.29, 0.717) is 34.5 Å². The van der Waals surface area contributed by atoms with Crippen LogP contribution in [0.4, 0.5) is 5.69 Å². The number of benzene rings is 3. The number of aromatic amines is 1. The van der Waals surface area contributed by atoms with Gasteiger partial charge in [-0.3, -0.25) is 14.4 Å². The van der Waals surface area contributed by atoms with Gasteiger partial charge in [-0.05, 0) is 40.6 Å². The molecule has 0 saturated heterocycles. The molecule has 2 amide bonds. The van der Waals surface area contributed by atoms with Crippen molar-refractivity contribution < 1.29 is 19.1 Å². The van der Waals surface area contributed by atoms with Crippen molar-refractivity contribution in [1.82, 2.24) is 20.3 Å². The predicted octanol–water partition coefficient (Wildman–Crippen LogP) is 3.80. The van der Waals surface area contributed by atoms with Crippen molar-refractivity contribution in [2.75, 3.05) is 11.9 Å². The minimum Gasteiger partial charge on any atom is -0.486 e. The first-order chi connectivity index (χ1) is 18.0. The van der Waals surface area contributed by atoms with E-state index in [1.807, 2.05) is 54.6 Å². The minimum absolute atomic E-state index is 0.0207. The standard InChI is InChI=1S/C28H21N5O4/c34-21-11-20-9-16(5-8-23(20)37-14-21)12-30-28(36)26-25-24(31-15-32-26)22(13-29-25)33-27(35)19-7-6-17-3-1-2-4-18(17)10-19/h1-10,13,15,29H,11-12,14H2,(H,30,36)(H,33,35). The molecule has 0 spiro atoms. The first-order valence-electron chi connectivity index (χ1n) is 11.7.